The van der Waals surface area contributed by atoms with Crippen molar-refractivity contribution in [3.63, 3.8) is 0 Å². The molecule has 0 aromatic rings. The van der Waals surface area contributed by atoms with Crippen LogP contribution in [0.1, 0.15) is 27.2 Å². The van der Waals surface area contributed by atoms with Crippen molar-refractivity contribution in [2.45, 2.75) is 32.8 Å². The standard InChI is InChI=1S/C9H19NO/c1-8(2)6-10-5-4-9(3,11)7-10/h8,11H,4-7H2,1-3H3. The van der Waals surface area contributed by atoms with E-state index in [1.54, 1.807) is 0 Å². The van der Waals surface area contributed by atoms with Gasteiger partial charge in [-0.15, -0.1) is 0 Å². The summed E-state index contributed by atoms with van der Waals surface area (Å²) in [6.07, 6.45) is 0.930. The second kappa shape index (κ2) is 3.11. The molecule has 11 heavy (non-hydrogen) atoms. The molecule has 1 saturated heterocycles. The molecular formula is C9H19NO. The molecule has 66 valence electrons. The molecule has 0 aromatic carbocycles. The molecule has 0 spiro atoms. The molecule has 0 aromatic heterocycles. The van der Waals surface area contributed by atoms with Crippen molar-refractivity contribution in [1.82, 2.24) is 4.90 Å². The van der Waals surface area contributed by atoms with E-state index in [4.69, 9.17) is 0 Å². The predicted octanol–water partition coefficient (Wildman–Crippen LogP) is 1.10. The van der Waals surface area contributed by atoms with E-state index in [1.807, 2.05) is 6.92 Å². The third kappa shape index (κ3) is 2.80. The minimum atomic E-state index is -0.422. The summed E-state index contributed by atoms with van der Waals surface area (Å²) >= 11 is 0. The molecule has 2 nitrogen and oxygen atoms in total. The van der Waals surface area contributed by atoms with E-state index in [0.717, 1.165) is 26.1 Å². The van der Waals surface area contributed by atoms with Gasteiger partial charge in [-0.3, -0.25) is 0 Å². The Kier molecular flexibility index (Phi) is 2.55. The molecule has 0 aliphatic carbocycles. The maximum atomic E-state index is 9.64. The van der Waals surface area contributed by atoms with Gasteiger partial charge in [0.2, 0.25) is 0 Å². The zero-order chi connectivity index (χ0) is 8.48. The first-order valence-corrected chi connectivity index (χ1v) is 4.44. The summed E-state index contributed by atoms with van der Waals surface area (Å²) in [6.45, 7) is 9.39. The Labute approximate surface area is 69.2 Å². The van der Waals surface area contributed by atoms with Crippen LogP contribution in [-0.2, 0) is 0 Å². The van der Waals surface area contributed by atoms with Crippen molar-refractivity contribution in [3.05, 3.63) is 0 Å². The summed E-state index contributed by atoms with van der Waals surface area (Å²) in [5.74, 6) is 0.712. The highest BCUT2D eigenvalue weighted by molar-refractivity contribution is 4.85. The Bertz CT molecular complexity index is 132. The van der Waals surface area contributed by atoms with Crippen LogP contribution in [0.15, 0.2) is 0 Å². The zero-order valence-corrected chi connectivity index (χ0v) is 7.80. The van der Waals surface area contributed by atoms with Crippen molar-refractivity contribution in [2.75, 3.05) is 19.6 Å². The zero-order valence-electron chi connectivity index (χ0n) is 7.80. The molecule has 0 radical (unpaired) electrons. The average Bonchev–Trinajstić information content (AvgIpc) is 2.08. The Balaban J connectivity index is 2.31. The summed E-state index contributed by atoms with van der Waals surface area (Å²) in [7, 11) is 0. The van der Waals surface area contributed by atoms with Gasteiger partial charge in [0.1, 0.15) is 0 Å². The van der Waals surface area contributed by atoms with Gasteiger partial charge in [-0.05, 0) is 19.3 Å². The fourth-order valence-electron chi connectivity index (χ4n) is 1.71. The number of β-amino-alcohol motifs (C(OH)–C–C–N with tert-alkyl or cyclic N) is 1. The number of hydrogen-bond acceptors (Lipinski definition) is 2. The van der Waals surface area contributed by atoms with Gasteiger partial charge in [0, 0.05) is 19.6 Å². The monoisotopic (exact) mass is 157 g/mol. The molecule has 1 N–H and O–H groups in total. The first kappa shape index (κ1) is 9.01. The summed E-state index contributed by atoms with van der Waals surface area (Å²) in [5.41, 5.74) is -0.422. The average molecular weight is 157 g/mol. The van der Waals surface area contributed by atoms with Crippen LogP contribution in [0.2, 0.25) is 0 Å². The highest BCUT2D eigenvalue weighted by Gasteiger charge is 2.30. The normalized spacial score (nSPS) is 33.5. The lowest BCUT2D eigenvalue weighted by Gasteiger charge is -2.20. The predicted molar refractivity (Wildman–Crippen MR) is 46.5 cm³/mol. The van der Waals surface area contributed by atoms with Gasteiger partial charge in [-0.25, -0.2) is 0 Å². The number of nitrogens with zero attached hydrogens (tertiary/aromatic N) is 1. The Morgan fingerprint density at radius 3 is 2.55 bits per heavy atom. The molecule has 1 unspecified atom stereocenters. The highest BCUT2D eigenvalue weighted by atomic mass is 16.3. The van der Waals surface area contributed by atoms with Crippen molar-refractivity contribution in [1.29, 1.82) is 0 Å². The maximum Gasteiger partial charge on any atom is 0.0758 e. The van der Waals surface area contributed by atoms with Crippen LogP contribution in [0.4, 0.5) is 0 Å². The lowest BCUT2D eigenvalue weighted by molar-refractivity contribution is 0.0674. The molecule has 2 heteroatoms. The molecule has 1 atom stereocenters. The number of rotatable bonds is 2. The van der Waals surface area contributed by atoms with Gasteiger partial charge < -0.3 is 10.0 Å². The molecule has 1 heterocycles. The molecule has 0 amide bonds. The van der Waals surface area contributed by atoms with Crippen LogP contribution < -0.4 is 0 Å². The summed E-state index contributed by atoms with van der Waals surface area (Å²) < 4.78 is 0. The fraction of sp³-hybridized carbons (Fsp3) is 1.00. The minimum Gasteiger partial charge on any atom is -0.389 e. The topological polar surface area (TPSA) is 23.5 Å². The van der Waals surface area contributed by atoms with Gasteiger partial charge in [-0.1, -0.05) is 13.8 Å². The maximum absolute atomic E-state index is 9.64. The second-order valence-corrected chi connectivity index (χ2v) is 4.38. The first-order chi connectivity index (χ1) is 4.99. The van der Waals surface area contributed by atoms with E-state index >= 15 is 0 Å². The van der Waals surface area contributed by atoms with Gasteiger partial charge in [-0.2, -0.15) is 0 Å². The highest BCUT2D eigenvalue weighted by Crippen LogP contribution is 2.20. The van der Waals surface area contributed by atoms with E-state index in [-0.39, 0.29) is 0 Å². The Hall–Kier alpha value is -0.0800. The third-order valence-corrected chi connectivity index (χ3v) is 2.15. The number of likely N-dealkylation sites (tertiary alicyclic amines) is 1. The van der Waals surface area contributed by atoms with Crippen LogP contribution in [0.3, 0.4) is 0 Å². The molecular weight excluding hydrogens is 138 g/mol. The van der Waals surface area contributed by atoms with E-state index in [0.29, 0.717) is 5.92 Å². The lowest BCUT2D eigenvalue weighted by atomic mass is 10.1. The van der Waals surface area contributed by atoms with Crippen molar-refractivity contribution in [2.24, 2.45) is 5.92 Å². The third-order valence-electron chi connectivity index (χ3n) is 2.15. The van der Waals surface area contributed by atoms with Crippen molar-refractivity contribution < 1.29 is 5.11 Å². The molecule has 1 aliphatic rings. The lowest BCUT2D eigenvalue weighted by Crippen LogP contribution is -2.31. The van der Waals surface area contributed by atoms with Crippen LogP contribution in [0.25, 0.3) is 0 Å². The molecule has 1 rings (SSSR count). The van der Waals surface area contributed by atoms with Gasteiger partial charge in [0.15, 0.2) is 0 Å². The van der Waals surface area contributed by atoms with E-state index in [2.05, 4.69) is 18.7 Å². The van der Waals surface area contributed by atoms with Crippen molar-refractivity contribution >= 4 is 0 Å². The second-order valence-electron chi connectivity index (χ2n) is 4.38. The van der Waals surface area contributed by atoms with Gasteiger partial charge >= 0.3 is 0 Å². The number of hydrogen-bond donors (Lipinski definition) is 1. The SMILES string of the molecule is CC(C)CN1CCC(C)(O)C1. The largest absolute Gasteiger partial charge is 0.389 e. The first-order valence-electron chi connectivity index (χ1n) is 4.44. The van der Waals surface area contributed by atoms with E-state index < -0.39 is 5.60 Å². The number of aliphatic hydroxyl groups is 1. The van der Waals surface area contributed by atoms with Crippen molar-refractivity contribution in [3.8, 4) is 0 Å². The fourth-order valence-corrected chi connectivity index (χ4v) is 1.71. The molecule has 0 bridgehead atoms. The molecule has 1 fully saturated rings. The minimum absolute atomic E-state index is 0.422. The quantitative estimate of drug-likeness (QED) is 0.649. The molecule has 0 saturated carbocycles. The Morgan fingerprint density at radius 1 is 1.55 bits per heavy atom. The summed E-state index contributed by atoms with van der Waals surface area (Å²) in [6, 6.07) is 0. The van der Waals surface area contributed by atoms with E-state index in [9.17, 15) is 5.11 Å². The van der Waals surface area contributed by atoms with Crippen LogP contribution in [0, 0.1) is 5.92 Å². The van der Waals surface area contributed by atoms with Gasteiger partial charge in [0.25, 0.3) is 0 Å². The van der Waals surface area contributed by atoms with Crippen LogP contribution in [0.5, 0.6) is 0 Å². The van der Waals surface area contributed by atoms with E-state index in [1.165, 1.54) is 0 Å². The Morgan fingerprint density at radius 2 is 2.18 bits per heavy atom. The van der Waals surface area contributed by atoms with Gasteiger partial charge in [0.05, 0.1) is 5.60 Å². The smallest absolute Gasteiger partial charge is 0.0758 e. The molecule has 1 aliphatic heterocycles. The van der Waals surface area contributed by atoms with Crippen LogP contribution >= 0.6 is 0 Å². The summed E-state index contributed by atoms with van der Waals surface area (Å²) in [4.78, 5) is 2.34. The summed E-state index contributed by atoms with van der Waals surface area (Å²) in [5, 5.41) is 9.64. The van der Waals surface area contributed by atoms with Crippen LogP contribution in [-0.4, -0.2) is 35.2 Å².